The summed E-state index contributed by atoms with van der Waals surface area (Å²) in [6.45, 7) is 6.42. The summed E-state index contributed by atoms with van der Waals surface area (Å²) < 4.78 is 30.5. The average molecular weight is 622 g/mol. The predicted molar refractivity (Wildman–Crippen MR) is 169 cm³/mol. The van der Waals surface area contributed by atoms with Crippen LogP contribution in [-0.4, -0.2) is 69.0 Å². The van der Waals surface area contributed by atoms with E-state index in [1.54, 1.807) is 40.0 Å². The zero-order valence-corrected chi connectivity index (χ0v) is 26.8. The number of carbonyl (C=O) groups excluding carboxylic acids is 2. The fourth-order valence-electron chi connectivity index (χ4n) is 6.34. The van der Waals surface area contributed by atoms with E-state index >= 15 is 0 Å². The van der Waals surface area contributed by atoms with Crippen LogP contribution in [0.3, 0.4) is 0 Å². The van der Waals surface area contributed by atoms with Crippen molar-refractivity contribution < 1.29 is 23.5 Å². The molecule has 1 aliphatic heterocycles. The van der Waals surface area contributed by atoms with E-state index in [4.69, 9.17) is 14.5 Å². The monoisotopic (exact) mass is 621 g/mol. The Morgan fingerprint density at radius 3 is 2.57 bits per heavy atom. The van der Waals surface area contributed by atoms with Gasteiger partial charge in [0.05, 0.1) is 30.9 Å². The molecule has 2 aliphatic carbocycles. The molecule has 1 saturated heterocycles. The molecule has 0 spiro atoms. The van der Waals surface area contributed by atoms with Crippen LogP contribution in [-0.2, 0) is 18.3 Å². The van der Waals surface area contributed by atoms with Crippen LogP contribution in [0, 0.1) is 5.92 Å². The first-order valence-corrected chi connectivity index (χ1v) is 16.4. The number of rotatable bonds is 7. The summed E-state index contributed by atoms with van der Waals surface area (Å²) in [7, 11) is 3.57. The minimum Gasteiger partial charge on any atom is -0.494 e. The second-order valence-electron chi connectivity index (χ2n) is 13.7. The Bertz CT molecular complexity index is 1760. The second-order valence-corrected chi connectivity index (χ2v) is 14.8. The molecule has 3 fully saturated rings. The van der Waals surface area contributed by atoms with Gasteiger partial charge < -0.3 is 28.8 Å². The van der Waals surface area contributed by atoms with Crippen molar-refractivity contribution in [2.45, 2.75) is 83.2 Å². The van der Waals surface area contributed by atoms with Crippen LogP contribution in [0.15, 0.2) is 24.3 Å². The second kappa shape index (κ2) is 10.8. The number of ether oxygens (including phenoxy) is 2. The molecule has 44 heavy (non-hydrogen) atoms. The van der Waals surface area contributed by atoms with Crippen LogP contribution < -0.4 is 10.1 Å². The lowest BCUT2D eigenvalue weighted by atomic mass is 10.0. The molecule has 2 amide bonds. The Hall–Kier alpha value is -3.60. The largest absolute Gasteiger partial charge is 0.494 e. The Balaban J connectivity index is 1.20. The number of hydrogen-bond acceptors (Lipinski definition) is 6. The molecule has 0 bridgehead atoms. The minimum atomic E-state index is -1.27. The maximum atomic E-state index is 14.8. The molecule has 4 heterocycles. The summed E-state index contributed by atoms with van der Waals surface area (Å²) in [6.07, 6.45) is 3.31. The molecule has 1 N–H and O–H groups in total. The molecule has 1 aromatic carbocycles. The minimum absolute atomic E-state index is 0.0482. The maximum absolute atomic E-state index is 14.8. The number of nitrogens with one attached hydrogen (secondary N) is 1. The van der Waals surface area contributed by atoms with Gasteiger partial charge in [0.25, 0.3) is 5.91 Å². The zero-order valence-electron chi connectivity index (χ0n) is 26.0. The first kappa shape index (κ1) is 29.1. The van der Waals surface area contributed by atoms with Crippen molar-refractivity contribution >= 4 is 44.6 Å². The normalized spacial score (nSPS) is 20.8. The van der Waals surface area contributed by atoms with E-state index in [1.807, 2.05) is 23.0 Å². The number of likely N-dealkylation sites (tertiary alicyclic amines) is 1. The lowest BCUT2D eigenvalue weighted by molar-refractivity contribution is 0.0394. The number of fused-ring (bicyclic) bond motifs is 2. The van der Waals surface area contributed by atoms with E-state index in [-0.39, 0.29) is 25.4 Å². The van der Waals surface area contributed by atoms with Crippen molar-refractivity contribution in [3.05, 3.63) is 34.7 Å². The van der Waals surface area contributed by atoms with Crippen molar-refractivity contribution in [1.82, 2.24) is 24.3 Å². The Morgan fingerprint density at radius 2 is 1.89 bits per heavy atom. The molecule has 2 saturated carbocycles. The van der Waals surface area contributed by atoms with Crippen LogP contribution in [0.2, 0.25) is 0 Å². The van der Waals surface area contributed by atoms with Crippen molar-refractivity contribution in [3.63, 3.8) is 0 Å². The highest BCUT2D eigenvalue weighted by Crippen LogP contribution is 2.47. The van der Waals surface area contributed by atoms with Gasteiger partial charge in [-0.25, -0.2) is 14.2 Å². The summed E-state index contributed by atoms with van der Waals surface area (Å²) in [6, 6.07) is 7.53. The topological polar surface area (TPSA) is 90.6 Å². The summed E-state index contributed by atoms with van der Waals surface area (Å²) in [4.78, 5) is 35.4. The fourth-order valence-corrected chi connectivity index (χ4v) is 7.67. The standard InChI is InChI=1S/C33H40FN5O4S/c1-33(2,3)43-32(41)35-23-14-22(34)16-38(17-23)30(40)20-10-24-28(26(12-20)42-5)37(4)29(36-24)25-11-21-13-27(19-8-9-19)44-31(21)39(25)15-18-6-7-18/h10-13,18-19,22-23H,6-9,14-17H2,1-5H3,(H,35,41)/t22-,23-/m1/s1. The molecule has 0 radical (unpaired) electrons. The first-order chi connectivity index (χ1) is 21.0. The lowest BCUT2D eigenvalue weighted by Gasteiger charge is -2.35. The maximum Gasteiger partial charge on any atom is 0.407 e. The number of aryl methyl sites for hydroxylation is 1. The molecule has 234 valence electrons. The van der Waals surface area contributed by atoms with E-state index in [1.165, 1.54) is 45.7 Å². The molecule has 11 heteroatoms. The third-order valence-corrected chi connectivity index (χ3v) is 10.1. The number of piperidine rings is 1. The van der Waals surface area contributed by atoms with Crippen molar-refractivity contribution in [2.24, 2.45) is 13.0 Å². The smallest absolute Gasteiger partial charge is 0.407 e. The van der Waals surface area contributed by atoms with E-state index in [0.717, 1.165) is 29.5 Å². The SMILES string of the molecule is COc1cc(C(=O)N2C[C@H](F)C[C@@H](NC(=O)OC(C)(C)C)C2)cc2nc(-c3cc4cc(C5CC5)sc4n3CC3CC3)n(C)c12. The number of aromatic nitrogens is 3. The van der Waals surface area contributed by atoms with Gasteiger partial charge in [0.1, 0.15) is 27.9 Å². The Labute approximate surface area is 260 Å². The van der Waals surface area contributed by atoms with E-state index < -0.39 is 23.9 Å². The number of nitrogens with zero attached hydrogens (tertiary/aromatic N) is 4. The summed E-state index contributed by atoms with van der Waals surface area (Å²) >= 11 is 1.92. The van der Waals surface area contributed by atoms with Crippen LogP contribution in [0.1, 0.15) is 74.0 Å². The van der Waals surface area contributed by atoms with E-state index in [9.17, 15) is 14.0 Å². The molecule has 2 atom stereocenters. The number of methoxy groups -OCH3 is 1. The zero-order chi connectivity index (χ0) is 30.9. The molecule has 7 rings (SSSR count). The van der Waals surface area contributed by atoms with Gasteiger partial charge in [-0.3, -0.25) is 4.79 Å². The fraction of sp³-hybridized carbons (Fsp3) is 0.545. The number of halogens is 1. The third kappa shape index (κ3) is 5.66. The van der Waals surface area contributed by atoms with Gasteiger partial charge in [-0.2, -0.15) is 0 Å². The van der Waals surface area contributed by atoms with Gasteiger partial charge in [-0.1, -0.05) is 0 Å². The van der Waals surface area contributed by atoms with Gasteiger partial charge in [-0.05, 0) is 82.6 Å². The van der Waals surface area contributed by atoms with Gasteiger partial charge >= 0.3 is 6.09 Å². The summed E-state index contributed by atoms with van der Waals surface area (Å²) in [5, 5.41) is 4.00. The number of hydrogen-bond donors (Lipinski definition) is 1. The van der Waals surface area contributed by atoms with Crippen molar-refractivity contribution in [3.8, 4) is 17.3 Å². The van der Waals surface area contributed by atoms with Gasteiger partial charge in [0, 0.05) is 42.4 Å². The molecule has 3 aromatic heterocycles. The number of alkyl carbamates (subject to hydrolysis) is 1. The highest BCUT2D eigenvalue weighted by molar-refractivity contribution is 7.18. The van der Waals surface area contributed by atoms with Crippen molar-refractivity contribution in [2.75, 3.05) is 20.2 Å². The quantitative estimate of drug-likeness (QED) is 0.250. The number of amides is 2. The Kier molecular flexibility index (Phi) is 7.14. The first-order valence-electron chi connectivity index (χ1n) is 15.6. The number of alkyl halides is 1. The number of carbonyl (C=O) groups is 2. The van der Waals surface area contributed by atoms with Crippen molar-refractivity contribution in [1.29, 1.82) is 0 Å². The number of imidazole rings is 1. The third-order valence-electron chi connectivity index (χ3n) is 8.74. The van der Waals surface area contributed by atoms with E-state index in [0.29, 0.717) is 22.7 Å². The lowest BCUT2D eigenvalue weighted by Crippen LogP contribution is -2.54. The van der Waals surface area contributed by atoms with Crippen LogP contribution in [0.4, 0.5) is 9.18 Å². The van der Waals surface area contributed by atoms with Gasteiger partial charge in [0.2, 0.25) is 0 Å². The summed E-state index contributed by atoms with van der Waals surface area (Å²) in [5.41, 5.74) is 2.20. The molecule has 3 aliphatic rings. The highest BCUT2D eigenvalue weighted by Gasteiger charge is 2.34. The van der Waals surface area contributed by atoms with Gasteiger partial charge in [-0.15, -0.1) is 11.3 Å². The predicted octanol–water partition coefficient (Wildman–Crippen LogP) is 6.63. The average Bonchev–Trinajstić information content (AvgIpc) is 3.87. The van der Waals surface area contributed by atoms with Crippen LogP contribution >= 0.6 is 11.3 Å². The van der Waals surface area contributed by atoms with Gasteiger partial charge in [0.15, 0.2) is 5.82 Å². The van der Waals surface area contributed by atoms with Crippen LogP contribution in [0.25, 0.3) is 32.8 Å². The van der Waals surface area contributed by atoms with E-state index in [2.05, 4.69) is 22.0 Å². The molecule has 9 nitrogen and oxygen atoms in total. The molecule has 4 aromatic rings. The summed E-state index contributed by atoms with van der Waals surface area (Å²) in [5.74, 6) is 2.44. The number of thiophene rings is 1. The number of benzene rings is 1. The Morgan fingerprint density at radius 1 is 1.11 bits per heavy atom. The highest BCUT2D eigenvalue weighted by atomic mass is 32.1. The molecule has 0 unspecified atom stereocenters. The molecular weight excluding hydrogens is 581 g/mol. The molecular formula is C33H40FN5O4S. The van der Waals surface area contributed by atoms with Crippen LogP contribution in [0.5, 0.6) is 5.75 Å².